The first-order valence-electron chi connectivity index (χ1n) is 3.09. The molecular weight excluding hydrogens is 262 g/mol. The summed E-state index contributed by atoms with van der Waals surface area (Å²) in [6.45, 7) is 1.31. The monoisotopic (exact) mass is 265 g/mol. The zero-order valence-corrected chi connectivity index (χ0v) is 8.81. The van der Waals surface area contributed by atoms with Gasteiger partial charge < -0.3 is 5.32 Å². The highest BCUT2D eigenvalue weighted by atomic mass is 79.9. The summed E-state index contributed by atoms with van der Waals surface area (Å²) in [5, 5.41) is 12.8. The summed E-state index contributed by atoms with van der Waals surface area (Å²) < 4.78 is 0.131. The quantitative estimate of drug-likeness (QED) is 0.653. The number of rotatable bonds is 2. The van der Waals surface area contributed by atoms with Gasteiger partial charge in [0.25, 0.3) is 0 Å². The number of amides is 1. The van der Waals surface area contributed by atoms with E-state index in [1.54, 1.807) is 0 Å². The highest BCUT2D eigenvalue weighted by molar-refractivity contribution is 9.10. The number of halogens is 1. The zero-order valence-electron chi connectivity index (χ0n) is 6.41. The van der Waals surface area contributed by atoms with E-state index in [1.807, 2.05) is 0 Å². The van der Waals surface area contributed by atoms with Crippen LogP contribution in [-0.4, -0.2) is 15.8 Å². The van der Waals surface area contributed by atoms with Gasteiger partial charge in [-0.15, -0.1) is 0 Å². The van der Waals surface area contributed by atoms with Gasteiger partial charge in [0, 0.05) is 6.92 Å². The van der Waals surface area contributed by atoms with E-state index in [4.69, 9.17) is 0 Å². The molecule has 0 saturated heterocycles. The van der Waals surface area contributed by atoms with Gasteiger partial charge in [0.2, 0.25) is 5.91 Å². The molecular formula is C5H4BrN3O3S. The van der Waals surface area contributed by atoms with Crippen molar-refractivity contribution >= 4 is 43.3 Å². The Morgan fingerprint density at radius 1 is 1.77 bits per heavy atom. The highest BCUT2D eigenvalue weighted by Crippen LogP contribution is 2.33. The standard InChI is InChI=1S/C5H4BrN3O3S/c1-2(10)7-5-8-3(6)4(13-5)9(11)12/h1H3,(H,7,8,10). The van der Waals surface area contributed by atoms with Gasteiger partial charge in [0.15, 0.2) is 9.73 Å². The Morgan fingerprint density at radius 2 is 2.38 bits per heavy atom. The highest BCUT2D eigenvalue weighted by Gasteiger charge is 2.19. The Morgan fingerprint density at radius 3 is 2.77 bits per heavy atom. The third kappa shape index (κ3) is 2.46. The number of carbonyl (C=O) groups is 1. The van der Waals surface area contributed by atoms with Crippen LogP contribution < -0.4 is 5.32 Å². The lowest BCUT2D eigenvalue weighted by atomic mass is 10.7. The van der Waals surface area contributed by atoms with Crippen LogP contribution in [0, 0.1) is 10.1 Å². The molecule has 1 heterocycles. The van der Waals surface area contributed by atoms with Crippen LogP contribution in [0.4, 0.5) is 10.1 Å². The van der Waals surface area contributed by atoms with Crippen molar-refractivity contribution in [3.05, 3.63) is 14.7 Å². The summed E-state index contributed by atoms with van der Waals surface area (Å²) in [6.07, 6.45) is 0. The maximum atomic E-state index is 10.6. The summed E-state index contributed by atoms with van der Waals surface area (Å²) in [4.78, 5) is 24.1. The van der Waals surface area contributed by atoms with E-state index in [0.717, 1.165) is 11.3 Å². The minimum atomic E-state index is -0.562. The first-order chi connectivity index (χ1) is 6.00. The topological polar surface area (TPSA) is 85.1 Å². The fourth-order valence-corrected chi connectivity index (χ4v) is 2.01. The van der Waals surface area contributed by atoms with Crippen molar-refractivity contribution in [2.75, 3.05) is 5.32 Å². The van der Waals surface area contributed by atoms with E-state index in [9.17, 15) is 14.9 Å². The van der Waals surface area contributed by atoms with Gasteiger partial charge >= 0.3 is 5.00 Å². The molecule has 0 spiro atoms. The van der Waals surface area contributed by atoms with Gasteiger partial charge in [0.05, 0.1) is 4.92 Å². The minimum Gasteiger partial charge on any atom is -0.302 e. The third-order valence-corrected chi connectivity index (χ3v) is 2.76. The lowest BCUT2D eigenvalue weighted by Gasteiger charge is -1.90. The van der Waals surface area contributed by atoms with Crippen molar-refractivity contribution in [2.45, 2.75) is 6.92 Å². The summed E-state index contributed by atoms with van der Waals surface area (Å²) in [5.41, 5.74) is 0. The number of hydrogen-bond acceptors (Lipinski definition) is 5. The van der Waals surface area contributed by atoms with E-state index in [1.165, 1.54) is 6.92 Å². The van der Waals surface area contributed by atoms with Gasteiger partial charge in [-0.05, 0) is 27.3 Å². The number of nitrogens with zero attached hydrogens (tertiary/aromatic N) is 2. The molecule has 0 aliphatic carbocycles. The lowest BCUT2D eigenvalue weighted by Crippen LogP contribution is -2.04. The molecule has 0 bridgehead atoms. The Hall–Kier alpha value is -1.02. The van der Waals surface area contributed by atoms with E-state index < -0.39 is 4.92 Å². The van der Waals surface area contributed by atoms with Crippen molar-refractivity contribution in [3.8, 4) is 0 Å². The number of carbonyl (C=O) groups excluding carboxylic acids is 1. The number of aromatic nitrogens is 1. The van der Waals surface area contributed by atoms with Crippen LogP contribution in [0.2, 0.25) is 0 Å². The number of nitro groups is 1. The van der Waals surface area contributed by atoms with Crippen LogP contribution >= 0.6 is 27.3 Å². The lowest BCUT2D eigenvalue weighted by molar-refractivity contribution is -0.381. The Labute approximate surface area is 85.3 Å². The molecule has 1 N–H and O–H groups in total. The van der Waals surface area contributed by atoms with Crippen molar-refractivity contribution in [3.63, 3.8) is 0 Å². The van der Waals surface area contributed by atoms with E-state index in [-0.39, 0.29) is 20.6 Å². The maximum Gasteiger partial charge on any atom is 0.360 e. The van der Waals surface area contributed by atoms with Crippen molar-refractivity contribution in [1.82, 2.24) is 4.98 Å². The number of thiazole rings is 1. The van der Waals surface area contributed by atoms with Gasteiger partial charge in [-0.25, -0.2) is 4.98 Å². The van der Waals surface area contributed by atoms with E-state index >= 15 is 0 Å². The SMILES string of the molecule is CC(=O)Nc1nc(Br)c([N+](=O)[O-])s1. The molecule has 0 aromatic carbocycles. The molecule has 1 aromatic heterocycles. The molecule has 0 aliphatic heterocycles. The first kappa shape index (κ1) is 10.1. The van der Waals surface area contributed by atoms with E-state index in [2.05, 4.69) is 26.2 Å². The molecule has 0 atom stereocenters. The van der Waals surface area contributed by atoms with Crippen LogP contribution in [0.3, 0.4) is 0 Å². The second kappa shape index (κ2) is 3.79. The Balaban J connectivity index is 2.95. The molecule has 1 rings (SSSR count). The largest absolute Gasteiger partial charge is 0.360 e. The van der Waals surface area contributed by atoms with Gasteiger partial charge in [0.1, 0.15) is 0 Å². The molecule has 1 amide bonds. The van der Waals surface area contributed by atoms with Crippen molar-refractivity contribution < 1.29 is 9.72 Å². The Bertz CT molecular complexity index is 364. The van der Waals surface area contributed by atoms with Crippen LogP contribution in [0.5, 0.6) is 0 Å². The normalized spacial score (nSPS) is 9.69. The minimum absolute atomic E-state index is 0.122. The fraction of sp³-hybridized carbons (Fsp3) is 0.200. The summed E-state index contributed by atoms with van der Waals surface area (Å²) in [7, 11) is 0. The summed E-state index contributed by atoms with van der Waals surface area (Å²) in [5.74, 6) is -0.309. The predicted octanol–water partition coefficient (Wildman–Crippen LogP) is 1.77. The molecule has 0 unspecified atom stereocenters. The van der Waals surface area contributed by atoms with E-state index in [0.29, 0.717) is 0 Å². The number of anilines is 1. The molecule has 0 fully saturated rings. The second-order valence-corrected chi connectivity index (χ2v) is 3.78. The van der Waals surface area contributed by atoms with Gasteiger partial charge in [-0.3, -0.25) is 14.9 Å². The van der Waals surface area contributed by atoms with Crippen LogP contribution in [-0.2, 0) is 4.79 Å². The third-order valence-electron chi connectivity index (χ3n) is 1.02. The fourth-order valence-electron chi connectivity index (χ4n) is 0.610. The summed E-state index contributed by atoms with van der Waals surface area (Å²) in [6, 6.07) is 0. The molecule has 0 radical (unpaired) electrons. The number of hydrogen-bond donors (Lipinski definition) is 1. The predicted molar refractivity (Wildman–Crippen MR) is 50.8 cm³/mol. The molecule has 13 heavy (non-hydrogen) atoms. The molecule has 0 saturated carbocycles. The van der Waals surface area contributed by atoms with Crippen LogP contribution in [0.15, 0.2) is 4.60 Å². The van der Waals surface area contributed by atoms with Gasteiger partial charge in [-0.1, -0.05) is 0 Å². The average Bonchev–Trinajstić information content (AvgIpc) is 2.29. The number of nitrogens with one attached hydrogen (secondary N) is 1. The van der Waals surface area contributed by atoms with Crippen LogP contribution in [0.1, 0.15) is 6.92 Å². The van der Waals surface area contributed by atoms with Crippen LogP contribution in [0.25, 0.3) is 0 Å². The molecule has 6 nitrogen and oxygen atoms in total. The second-order valence-electron chi connectivity index (χ2n) is 2.05. The van der Waals surface area contributed by atoms with Crippen molar-refractivity contribution in [2.24, 2.45) is 0 Å². The smallest absolute Gasteiger partial charge is 0.302 e. The first-order valence-corrected chi connectivity index (χ1v) is 4.70. The maximum absolute atomic E-state index is 10.6. The zero-order chi connectivity index (χ0) is 10.0. The molecule has 70 valence electrons. The molecule has 8 heteroatoms. The Kier molecular flexibility index (Phi) is 2.94. The van der Waals surface area contributed by atoms with Gasteiger partial charge in [-0.2, -0.15) is 0 Å². The van der Waals surface area contributed by atoms with Crippen molar-refractivity contribution in [1.29, 1.82) is 0 Å². The molecule has 1 aromatic rings. The average molecular weight is 266 g/mol. The molecule has 0 aliphatic rings. The summed E-state index contributed by atoms with van der Waals surface area (Å²) >= 11 is 3.72.